The molecule has 2 atom stereocenters. The number of carbonyl (C=O) groups excluding carboxylic acids is 2. The molecule has 0 heterocycles. The van der Waals surface area contributed by atoms with E-state index in [0.29, 0.717) is 24.0 Å². The number of hydrogen-bond donors (Lipinski definition) is 1. The Morgan fingerprint density at radius 3 is 2.17 bits per heavy atom. The molecule has 23 heavy (non-hydrogen) atoms. The fourth-order valence-corrected chi connectivity index (χ4v) is 3.42. The first-order valence-electron chi connectivity index (χ1n) is 8.04. The number of hydrogen-bond acceptors (Lipinski definition) is 3. The summed E-state index contributed by atoms with van der Waals surface area (Å²) in [6.07, 6.45) is 2.66. The molecule has 1 aliphatic carbocycles. The molecule has 0 amide bonds. The maximum absolute atomic E-state index is 13.1. The molecule has 3 nitrogen and oxygen atoms in total. The van der Waals surface area contributed by atoms with E-state index in [0.717, 1.165) is 12.8 Å². The van der Waals surface area contributed by atoms with E-state index < -0.39 is 17.3 Å². The Labute approximate surface area is 136 Å². The van der Waals surface area contributed by atoms with Gasteiger partial charge in [-0.1, -0.05) is 67.1 Å². The second kappa shape index (κ2) is 6.47. The maximum atomic E-state index is 13.1. The van der Waals surface area contributed by atoms with Crippen molar-refractivity contribution in [2.75, 3.05) is 0 Å². The van der Waals surface area contributed by atoms with Gasteiger partial charge in [0.15, 0.2) is 11.4 Å². The highest BCUT2D eigenvalue weighted by molar-refractivity contribution is 6.06. The predicted molar refractivity (Wildman–Crippen MR) is 88.1 cm³/mol. The molecule has 1 saturated carbocycles. The summed E-state index contributed by atoms with van der Waals surface area (Å²) in [7, 11) is 0. The topological polar surface area (TPSA) is 54.4 Å². The Hall–Kier alpha value is -2.26. The molecule has 0 aromatic heterocycles. The largest absolute Gasteiger partial charge is 0.376 e. The highest BCUT2D eigenvalue weighted by Gasteiger charge is 2.49. The van der Waals surface area contributed by atoms with Gasteiger partial charge in [-0.25, -0.2) is 0 Å². The van der Waals surface area contributed by atoms with Gasteiger partial charge in [0.05, 0.1) is 5.92 Å². The van der Waals surface area contributed by atoms with Crippen molar-refractivity contribution in [2.45, 2.75) is 31.3 Å². The van der Waals surface area contributed by atoms with Gasteiger partial charge in [0.2, 0.25) is 0 Å². The molecule has 1 fully saturated rings. The molecule has 2 aromatic carbocycles. The molecule has 0 saturated heterocycles. The van der Waals surface area contributed by atoms with Crippen LogP contribution in [0.2, 0.25) is 0 Å². The summed E-state index contributed by atoms with van der Waals surface area (Å²) in [6.45, 7) is 0. The van der Waals surface area contributed by atoms with E-state index in [2.05, 4.69) is 0 Å². The molecular weight excluding hydrogens is 288 g/mol. The van der Waals surface area contributed by atoms with Gasteiger partial charge in [0.1, 0.15) is 5.78 Å². The third kappa shape index (κ3) is 2.84. The SMILES string of the molecule is O=C1CCCC[C@@H]1[C@](O)(C(=O)c1ccccc1)c1ccccc1. The third-order valence-corrected chi connectivity index (χ3v) is 4.65. The van der Waals surface area contributed by atoms with Gasteiger partial charge in [-0.2, -0.15) is 0 Å². The van der Waals surface area contributed by atoms with Crippen molar-refractivity contribution in [3.05, 3.63) is 71.8 Å². The van der Waals surface area contributed by atoms with Gasteiger partial charge in [-0.05, 0) is 18.4 Å². The summed E-state index contributed by atoms with van der Waals surface area (Å²) in [5.41, 5.74) is -0.869. The van der Waals surface area contributed by atoms with Gasteiger partial charge in [-0.15, -0.1) is 0 Å². The lowest BCUT2D eigenvalue weighted by atomic mass is 9.69. The number of Topliss-reactive ketones (excluding diaryl/α,β-unsaturated/α-hetero) is 2. The first-order chi connectivity index (χ1) is 11.1. The summed E-state index contributed by atoms with van der Waals surface area (Å²) in [5, 5.41) is 11.4. The fraction of sp³-hybridized carbons (Fsp3) is 0.300. The number of aliphatic hydroxyl groups is 1. The molecule has 2 aromatic rings. The average Bonchev–Trinajstić information content (AvgIpc) is 2.62. The Balaban J connectivity index is 2.10. The molecule has 0 aliphatic heterocycles. The highest BCUT2D eigenvalue weighted by atomic mass is 16.3. The molecule has 0 spiro atoms. The van der Waals surface area contributed by atoms with Crippen LogP contribution in [0.15, 0.2) is 60.7 Å². The number of benzene rings is 2. The molecular formula is C20H20O3. The van der Waals surface area contributed by atoms with Crippen molar-refractivity contribution in [1.82, 2.24) is 0 Å². The van der Waals surface area contributed by atoms with Gasteiger partial charge < -0.3 is 5.11 Å². The Kier molecular flexibility index (Phi) is 4.39. The molecule has 1 N–H and O–H groups in total. The van der Waals surface area contributed by atoms with E-state index in [-0.39, 0.29) is 5.78 Å². The summed E-state index contributed by atoms with van der Waals surface area (Å²) in [4.78, 5) is 25.5. The molecule has 3 heteroatoms. The Bertz CT molecular complexity index is 693. The molecule has 118 valence electrons. The molecule has 0 unspecified atom stereocenters. The zero-order valence-electron chi connectivity index (χ0n) is 12.9. The summed E-state index contributed by atoms with van der Waals surface area (Å²) >= 11 is 0. The quantitative estimate of drug-likeness (QED) is 0.879. The molecule has 1 aliphatic rings. The fourth-order valence-electron chi connectivity index (χ4n) is 3.42. The monoisotopic (exact) mass is 308 g/mol. The van der Waals surface area contributed by atoms with Crippen LogP contribution in [-0.4, -0.2) is 16.7 Å². The normalized spacial score (nSPS) is 20.7. The van der Waals surface area contributed by atoms with Crippen LogP contribution in [-0.2, 0) is 10.4 Å². The average molecular weight is 308 g/mol. The lowest BCUT2D eigenvalue weighted by Crippen LogP contribution is -2.47. The standard InChI is InChI=1S/C20H20O3/c21-18-14-8-7-13-17(18)20(23,16-11-5-2-6-12-16)19(22)15-9-3-1-4-10-15/h1-6,9-12,17,23H,7-8,13-14H2/t17-,20-/m0/s1. The minimum atomic E-state index is -1.79. The van der Waals surface area contributed by atoms with E-state index in [1.807, 2.05) is 12.1 Å². The second-order valence-corrected chi connectivity index (χ2v) is 6.09. The summed E-state index contributed by atoms with van der Waals surface area (Å²) < 4.78 is 0. The predicted octanol–water partition coefficient (Wildman–Crippen LogP) is 3.52. The van der Waals surface area contributed by atoms with Crippen molar-refractivity contribution >= 4 is 11.6 Å². The van der Waals surface area contributed by atoms with E-state index in [1.54, 1.807) is 48.5 Å². The van der Waals surface area contributed by atoms with Crippen LogP contribution in [0.4, 0.5) is 0 Å². The highest BCUT2D eigenvalue weighted by Crippen LogP contribution is 2.39. The van der Waals surface area contributed by atoms with E-state index >= 15 is 0 Å². The summed E-state index contributed by atoms with van der Waals surface area (Å²) in [5.74, 6) is -1.09. The van der Waals surface area contributed by atoms with Gasteiger partial charge in [-0.3, -0.25) is 9.59 Å². The van der Waals surface area contributed by atoms with E-state index in [4.69, 9.17) is 0 Å². The smallest absolute Gasteiger partial charge is 0.199 e. The van der Waals surface area contributed by atoms with Crippen LogP contribution in [0.5, 0.6) is 0 Å². The molecule has 3 rings (SSSR count). The number of rotatable bonds is 4. The summed E-state index contributed by atoms with van der Waals surface area (Å²) in [6, 6.07) is 17.6. The first kappa shape index (κ1) is 15.6. The molecule has 0 bridgehead atoms. The van der Waals surface area contributed by atoms with Crippen LogP contribution in [0.25, 0.3) is 0 Å². The van der Waals surface area contributed by atoms with Crippen LogP contribution in [0.1, 0.15) is 41.6 Å². The zero-order valence-corrected chi connectivity index (χ0v) is 12.9. The van der Waals surface area contributed by atoms with Crippen molar-refractivity contribution in [2.24, 2.45) is 5.92 Å². The minimum absolute atomic E-state index is 0.0214. The lowest BCUT2D eigenvalue weighted by Gasteiger charge is -2.36. The maximum Gasteiger partial charge on any atom is 0.199 e. The van der Waals surface area contributed by atoms with E-state index in [9.17, 15) is 14.7 Å². The van der Waals surface area contributed by atoms with Gasteiger partial charge >= 0.3 is 0 Å². The van der Waals surface area contributed by atoms with Crippen LogP contribution in [0.3, 0.4) is 0 Å². The number of ketones is 2. The van der Waals surface area contributed by atoms with E-state index in [1.165, 1.54) is 0 Å². The van der Waals surface area contributed by atoms with Crippen molar-refractivity contribution in [3.8, 4) is 0 Å². The minimum Gasteiger partial charge on any atom is -0.376 e. The van der Waals surface area contributed by atoms with Crippen molar-refractivity contribution in [3.63, 3.8) is 0 Å². The van der Waals surface area contributed by atoms with Crippen molar-refractivity contribution < 1.29 is 14.7 Å². The Morgan fingerprint density at radius 2 is 1.57 bits per heavy atom. The van der Waals surface area contributed by atoms with Gasteiger partial charge in [0, 0.05) is 12.0 Å². The van der Waals surface area contributed by atoms with Gasteiger partial charge in [0.25, 0.3) is 0 Å². The van der Waals surface area contributed by atoms with Crippen LogP contribution < -0.4 is 0 Å². The zero-order chi connectivity index (χ0) is 16.3. The molecule has 0 radical (unpaired) electrons. The van der Waals surface area contributed by atoms with Crippen molar-refractivity contribution in [1.29, 1.82) is 0 Å². The second-order valence-electron chi connectivity index (χ2n) is 6.09. The van der Waals surface area contributed by atoms with Crippen LogP contribution >= 0.6 is 0 Å². The first-order valence-corrected chi connectivity index (χ1v) is 8.04. The third-order valence-electron chi connectivity index (χ3n) is 4.65. The lowest BCUT2D eigenvalue weighted by molar-refractivity contribution is -0.133. The van der Waals surface area contributed by atoms with Crippen LogP contribution in [0, 0.1) is 5.92 Å². The number of carbonyl (C=O) groups is 2. The Morgan fingerprint density at radius 1 is 0.957 bits per heavy atom.